The summed E-state index contributed by atoms with van der Waals surface area (Å²) in [5.41, 5.74) is 6.24. The highest BCUT2D eigenvalue weighted by atomic mass is 16.5. The van der Waals surface area contributed by atoms with Crippen LogP contribution >= 0.6 is 0 Å². The molecular weight excluding hydrogens is 230 g/mol. The molecule has 1 aromatic heterocycles. The number of ether oxygens (including phenoxy) is 2. The maximum atomic E-state index is 5.68. The molecule has 0 atom stereocenters. The third kappa shape index (κ3) is 3.16. The maximum absolute atomic E-state index is 5.68. The van der Waals surface area contributed by atoms with E-state index in [0.717, 1.165) is 11.5 Å². The number of nitrogen functional groups attached to an aromatic ring is 1. The monoisotopic (exact) mass is 247 g/mol. The second-order valence-electron chi connectivity index (χ2n) is 3.76. The maximum Gasteiger partial charge on any atom is 0.161 e. The van der Waals surface area contributed by atoms with E-state index in [0.29, 0.717) is 25.4 Å². The van der Waals surface area contributed by atoms with Gasteiger partial charge in [-0.05, 0) is 19.1 Å². The van der Waals surface area contributed by atoms with Crippen molar-refractivity contribution in [2.45, 2.75) is 13.5 Å². The fourth-order valence-electron chi connectivity index (χ4n) is 1.60. The van der Waals surface area contributed by atoms with Crippen LogP contribution < -0.4 is 15.2 Å². The minimum atomic E-state index is 0.519. The average Bonchev–Trinajstić information content (AvgIpc) is 2.78. The summed E-state index contributed by atoms with van der Waals surface area (Å²) >= 11 is 0. The van der Waals surface area contributed by atoms with E-state index in [2.05, 4.69) is 5.10 Å². The van der Waals surface area contributed by atoms with Gasteiger partial charge >= 0.3 is 0 Å². The quantitative estimate of drug-likeness (QED) is 0.847. The summed E-state index contributed by atoms with van der Waals surface area (Å²) in [6.07, 6.45) is 3.39. The van der Waals surface area contributed by atoms with Crippen LogP contribution in [0.25, 0.3) is 0 Å². The Hall–Kier alpha value is -2.17. The molecule has 0 aliphatic carbocycles. The van der Waals surface area contributed by atoms with Gasteiger partial charge < -0.3 is 15.2 Å². The van der Waals surface area contributed by atoms with Crippen molar-refractivity contribution in [1.82, 2.24) is 9.78 Å². The van der Waals surface area contributed by atoms with E-state index in [-0.39, 0.29) is 0 Å². The molecule has 0 aliphatic rings. The molecule has 0 aliphatic heterocycles. The largest absolute Gasteiger partial charge is 0.490 e. The van der Waals surface area contributed by atoms with Gasteiger partial charge in [-0.25, -0.2) is 0 Å². The Morgan fingerprint density at radius 2 is 1.94 bits per heavy atom. The van der Waals surface area contributed by atoms with Crippen LogP contribution in [0.15, 0.2) is 36.7 Å². The Labute approximate surface area is 106 Å². The number of rotatable bonds is 6. The highest BCUT2D eigenvalue weighted by molar-refractivity contribution is 5.39. The topological polar surface area (TPSA) is 62.3 Å². The zero-order valence-electron chi connectivity index (χ0n) is 10.4. The van der Waals surface area contributed by atoms with Crippen molar-refractivity contribution in [1.29, 1.82) is 0 Å². The van der Waals surface area contributed by atoms with Crippen LogP contribution in [0.1, 0.15) is 6.92 Å². The van der Waals surface area contributed by atoms with E-state index >= 15 is 0 Å². The van der Waals surface area contributed by atoms with Crippen LogP contribution in [0.4, 0.5) is 5.69 Å². The van der Waals surface area contributed by atoms with Gasteiger partial charge in [0.15, 0.2) is 11.5 Å². The SMILES string of the molecule is CCOc1ccccc1OCCn1cc(N)cn1. The fraction of sp³-hybridized carbons (Fsp3) is 0.308. The lowest BCUT2D eigenvalue weighted by atomic mass is 10.3. The van der Waals surface area contributed by atoms with Gasteiger partial charge in [-0.2, -0.15) is 5.10 Å². The number of para-hydroxylation sites is 2. The molecule has 0 saturated carbocycles. The van der Waals surface area contributed by atoms with Crippen LogP contribution in [-0.4, -0.2) is 23.0 Å². The lowest BCUT2D eigenvalue weighted by molar-refractivity contribution is 0.262. The lowest BCUT2D eigenvalue weighted by Crippen LogP contribution is -2.09. The van der Waals surface area contributed by atoms with Crippen LogP contribution in [0.3, 0.4) is 0 Å². The van der Waals surface area contributed by atoms with E-state index in [1.807, 2.05) is 31.2 Å². The highest BCUT2D eigenvalue weighted by Gasteiger charge is 2.03. The molecule has 2 rings (SSSR count). The van der Waals surface area contributed by atoms with Crippen molar-refractivity contribution < 1.29 is 9.47 Å². The molecule has 0 saturated heterocycles. The van der Waals surface area contributed by atoms with Crippen molar-refractivity contribution in [3.8, 4) is 11.5 Å². The zero-order valence-corrected chi connectivity index (χ0v) is 10.4. The smallest absolute Gasteiger partial charge is 0.161 e. The molecule has 96 valence electrons. The van der Waals surface area contributed by atoms with Crippen molar-refractivity contribution in [2.24, 2.45) is 0 Å². The third-order valence-corrected chi connectivity index (χ3v) is 2.38. The Morgan fingerprint density at radius 1 is 1.22 bits per heavy atom. The number of aromatic nitrogens is 2. The van der Waals surface area contributed by atoms with Gasteiger partial charge in [-0.1, -0.05) is 12.1 Å². The molecular formula is C13H17N3O2. The normalized spacial score (nSPS) is 10.3. The summed E-state index contributed by atoms with van der Waals surface area (Å²) in [5, 5.41) is 4.09. The van der Waals surface area contributed by atoms with E-state index in [4.69, 9.17) is 15.2 Å². The average molecular weight is 247 g/mol. The van der Waals surface area contributed by atoms with Crippen LogP contribution in [0, 0.1) is 0 Å². The fourth-order valence-corrected chi connectivity index (χ4v) is 1.60. The van der Waals surface area contributed by atoms with E-state index in [1.165, 1.54) is 0 Å². The summed E-state index contributed by atoms with van der Waals surface area (Å²) in [4.78, 5) is 0. The molecule has 2 aromatic rings. The highest BCUT2D eigenvalue weighted by Crippen LogP contribution is 2.26. The molecule has 0 amide bonds. The first-order chi connectivity index (χ1) is 8.79. The van der Waals surface area contributed by atoms with Crippen molar-refractivity contribution in [3.05, 3.63) is 36.7 Å². The van der Waals surface area contributed by atoms with Crippen molar-refractivity contribution in [3.63, 3.8) is 0 Å². The Morgan fingerprint density at radius 3 is 2.56 bits per heavy atom. The number of benzene rings is 1. The Bertz CT molecular complexity index is 496. The predicted octanol–water partition coefficient (Wildman–Crippen LogP) is 1.94. The van der Waals surface area contributed by atoms with Gasteiger partial charge in [0.25, 0.3) is 0 Å². The molecule has 5 nitrogen and oxygen atoms in total. The number of nitrogens with zero attached hydrogens (tertiary/aromatic N) is 2. The summed E-state index contributed by atoms with van der Waals surface area (Å²) in [7, 11) is 0. The summed E-state index contributed by atoms with van der Waals surface area (Å²) < 4.78 is 12.9. The predicted molar refractivity (Wildman–Crippen MR) is 69.7 cm³/mol. The van der Waals surface area contributed by atoms with Gasteiger partial charge in [0.1, 0.15) is 6.61 Å². The first-order valence-corrected chi connectivity index (χ1v) is 5.92. The zero-order chi connectivity index (χ0) is 12.8. The molecule has 0 fully saturated rings. The second-order valence-corrected chi connectivity index (χ2v) is 3.76. The summed E-state index contributed by atoms with van der Waals surface area (Å²) in [5.74, 6) is 1.51. The van der Waals surface area contributed by atoms with E-state index < -0.39 is 0 Å². The lowest BCUT2D eigenvalue weighted by Gasteiger charge is -2.11. The minimum Gasteiger partial charge on any atom is -0.490 e. The standard InChI is InChI=1S/C13H17N3O2/c1-2-17-12-5-3-4-6-13(12)18-8-7-16-10-11(14)9-15-16/h3-6,9-10H,2,7-8,14H2,1H3. The molecule has 0 spiro atoms. The number of hydrogen-bond acceptors (Lipinski definition) is 4. The molecule has 1 aromatic carbocycles. The molecule has 0 radical (unpaired) electrons. The Kier molecular flexibility index (Phi) is 4.06. The molecule has 5 heteroatoms. The van der Waals surface area contributed by atoms with Gasteiger partial charge in [0.2, 0.25) is 0 Å². The first-order valence-electron chi connectivity index (χ1n) is 5.92. The number of anilines is 1. The number of hydrogen-bond donors (Lipinski definition) is 1. The van der Waals surface area contributed by atoms with Crippen molar-refractivity contribution in [2.75, 3.05) is 18.9 Å². The minimum absolute atomic E-state index is 0.519. The molecule has 2 N–H and O–H groups in total. The van der Waals surface area contributed by atoms with Crippen LogP contribution in [0.5, 0.6) is 11.5 Å². The van der Waals surface area contributed by atoms with Gasteiger partial charge in [-0.3, -0.25) is 4.68 Å². The Balaban J connectivity index is 1.89. The van der Waals surface area contributed by atoms with Gasteiger partial charge in [-0.15, -0.1) is 0 Å². The van der Waals surface area contributed by atoms with Gasteiger partial charge in [0, 0.05) is 6.20 Å². The molecule has 18 heavy (non-hydrogen) atoms. The van der Waals surface area contributed by atoms with E-state index in [9.17, 15) is 0 Å². The van der Waals surface area contributed by atoms with Crippen LogP contribution in [0.2, 0.25) is 0 Å². The third-order valence-electron chi connectivity index (χ3n) is 2.38. The summed E-state index contributed by atoms with van der Waals surface area (Å²) in [6, 6.07) is 7.63. The second kappa shape index (κ2) is 5.95. The van der Waals surface area contributed by atoms with E-state index in [1.54, 1.807) is 17.1 Å². The molecule has 0 bridgehead atoms. The molecule has 0 unspecified atom stereocenters. The summed E-state index contributed by atoms with van der Waals surface area (Å²) in [6.45, 7) is 3.74. The van der Waals surface area contributed by atoms with Gasteiger partial charge in [0.05, 0.1) is 25.0 Å². The van der Waals surface area contributed by atoms with Crippen LogP contribution in [-0.2, 0) is 6.54 Å². The molecule has 1 heterocycles. The first kappa shape index (κ1) is 12.3. The van der Waals surface area contributed by atoms with Crippen molar-refractivity contribution >= 4 is 5.69 Å². The number of nitrogens with two attached hydrogens (primary N) is 1.